The van der Waals surface area contributed by atoms with Crippen LogP contribution in [-0.2, 0) is 0 Å². The minimum absolute atomic E-state index is 0.0773. The van der Waals surface area contributed by atoms with E-state index in [1.165, 1.54) is 11.3 Å². The Morgan fingerprint density at radius 2 is 2.06 bits per heavy atom. The lowest BCUT2D eigenvalue weighted by Crippen LogP contribution is -2.37. The van der Waals surface area contributed by atoms with E-state index in [0.29, 0.717) is 38.4 Å². The molecule has 2 aliphatic rings. The van der Waals surface area contributed by atoms with Crippen LogP contribution in [0.1, 0.15) is 21.7 Å². The predicted octanol–water partition coefficient (Wildman–Crippen LogP) is 4.57. The summed E-state index contributed by atoms with van der Waals surface area (Å²) < 4.78 is 5.84. The van der Waals surface area contributed by atoms with Gasteiger partial charge in [0.05, 0.1) is 28.6 Å². The fourth-order valence-corrected chi connectivity index (χ4v) is 5.46. The zero-order chi connectivity index (χ0) is 23.9. The van der Waals surface area contributed by atoms with E-state index in [9.17, 15) is 9.59 Å². The molecule has 6 rings (SSSR count). The number of rotatable bonds is 5. The second-order valence-corrected chi connectivity index (χ2v) is 9.47. The van der Waals surface area contributed by atoms with Crippen molar-refractivity contribution in [2.75, 3.05) is 23.3 Å². The Kier molecular flexibility index (Phi) is 5.31. The van der Waals surface area contributed by atoms with Crippen LogP contribution >= 0.6 is 11.3 Å². The van der Waals surface area contributed by atoms with Gasteiger partial charge in [-0.25, -0.2) is 14.8 Å². The van der Waals surface area contributed by atoms with Gasteiger partial charge >= 0.3 is 6.03 Å². The highest BCUT2D eigenvalue weighted by Gasteiger charge is 2.34. The molecule has 0 unspecified atom stereocenters. The lowest BCUT2D eigenvalue weighted by molar-refractivity contribution is 0.0945. The average molecular weight is 487 g/mol. The number of thiophene rings is 1. The molecule has 0 saturated carbocycles. The monoisotopic (exact) mass is 486 g/mol. The number of aromatic nitrogens is 2. The predicted molar refractivity (Wildman–Crippen MR) is 135 cm³/mol. The molecule has 1 saturated heterocycles. The fourth-order valence-electron chi connectivity index (χ4n) is 4.43. The van der Waals surface area contributed by atoms with Crippen LogP contribution in [0.15, 0.2) is 54.9 Å². The molecule has 0 bridgehead atoms. The lowest BCUT2D eigenvalue weighted by Gasteiger charge is -2.29. The average Bonchev–Trinajstić information content (AvgIpc) is 3.50. The molecule has 9 nitrogen and oxygen atoms in total. The maximum Gasteiger partial charge on any atom is 0.331 e. The maximum atomic E-state index is 13.3. The molecule has 5 heterocycles. The summed E-state index contributed by atoms with van der Waals surface area (Å²) in [5, 5.41) is 9.98. The summed E-state index contributed by atoms with van der Waals surface area (Å²) >= 11 is 1.28. The van der Waals surface area contributed by atoms with E-state index in [1.807, 2.05) is 37.3 Å². The molecule has 10 heteroatoms. The number of carbonyl (C=O) groups is 2. The summed E-state index contributed by atoms with van der Waals surface area (Å²) in [5.41, 5.74) is 2.60. The van der Waals surface area contributed by atoms with Gasteiger partial charge in [0, 0.05) is 24.8 Å². The molecule has 4 aromatic rings. The summed E-state index contributed by atoms with van der Waals surface area (Å²) in [6, 6.07) is 12.7. The van der Waals surface area contributed by atoms with Crippen LogP contribution in [-0.4, -0.2) is 41.0 Å². The first-order valence-corrected chi connectivity index (χ1v) is 12.1. The van der Waals surface area contributed by atoms with Gasteiger partial charge < -0.3 is 20.7 Å². The van der Waals surface area contributed by atoms with Crippen molar-refractivity contribution in [3.05, 3.63) is 65.3 Å². The number of benzene rings is 1. The lowest BCUT2D eigenvalue weighted by atomic mass is 10.1. The topological polar surface area (TPSA) is 108 Å². The number of para-hydroxylation sites is 1. The van der Waals surface area contributed by atoms with E-state index in [-0.39, 0.29) is 18.0 Å². The molecule has 3 amide bonds. The number of aryl methyl sites for hydroxylation is 1. The van der Waals surface area contributed by atoms with Crippen molar-refractivity contribution in [2.45, 2.75) is 19.4 Å². The highest BCUT2D eigenvalue weighted by molar-refractivity contribution is 7.21. The second-order valence-electron chi connectivity index (χ2n) is 8.47. The number of nitrogens with zero attached hydrogens (tertiary/aromatic N) is 3. The SMILES string of the molecule is Cc1cc(Oc2ccccc2)ncc1N1C(=O)Nc2c(C(=O)N[C@@H]3CCNC3)sc3nccc1c23. The first-order chi connectivity index (χ1) is 17.1. The summed E-state index contributed by atoms with van der Waals surface area (Å²) in [6.07, 6.45) is 4.16. The largest absolute Gasteiger partial charge is 0.439 e. The molecule has 35 heavy (non-hydrogen) atoms. The summed E-state index contributed by atoms with van der Waals surface area (Å²) in [4.78, 5) is 38.0. The summed E-state index contributed by atoms with van der Waals surface area (Å²) in [5.74, 6) is 0.920. The quantitative estimate of drug-likeness (QED) is 0.381. The number of hydrogen-bond acceptors (Lipinski definition) is 7. The number of carbonyl (C=O) groups excluding carboxylic acids is 2. The number of hydrogen-bond donors (Lipinski definition) is 3. The van der Waals surface area contributed by atoms with E-state index in [0.717, 1.165) is 30.5 Å². The maximum absolute atomic E-state index is 13.3. The molecule has 0 spiro atoms. The first-order valence-electron chi connectivity index (χ1n) is 11.3. The Bertz CT molecular complexity index is 1450. The third-order valence-corrected chi connectivity index (χ3v) is 7.21. The van der Waals surface area contributed by atoms with Gasteiger partial charge in [-0.1, -0.05) is 18.2 Å². The number of ether oxygens (including phenoxy) is 1. The molecular weight excluding hydrogens is 464 g/mol. The second kappa shape index (κ2) is 8.64. The van der Waals surface area contributed by atoms with Crippen molar-refractivity contribution < 1.29 is 14.3 Å². The Morgan fingerprint density at radius 1 is 1.20 bits per heavy atom. The number of nitrogens with one attached hydrogen (secondary N) is 3. The fraction of sp³-hybridized carbons (Fsp3) is 0.200. The van der Waals surface area contributed by atoms with Gasteiger partial charge in [-0.05, 0) is 43.7 Å². The van der Waals surface area contributed by atoms with Crippen molar-refractivity contribution in [3.63, 3.8) is 0 Å². The number of amides is 3. The van der Waals surface area contributed by atoms with E-state index in [4.69, 9.17) is 4.74 Å². The smallest absolute Gasteiger partial charge is 0.331 e. The minimum Gasteiger partial charge on any atom is -0.439 e. The number of pyridine rings is 2. The minimum atomic E-state index is -0.360. The Labute approximate surface area is 205 Å². The molecule has 1 fully saturated rings. The highest BCUT2D eigenvalue weighted by Crippen LogP contribution is 2.46. The van der Waals surface area contributed by atoms with Crippen molar-refractivity contribution in [2.24, 2.45) is 0 Å². The molecule has 1 atom stereocenters. The third kappa shape index (κ3) is 3.86. The standard InChI is InChI=1S/C25H22N6O3S/c1-14-11-19(34-16-5-3-2-4-6-16)28-13-18(14)31-17-8-10-27-24-20(17)21(30-25(31)33)22(35-24)23(32)29-15-7-9-26-12-15/h2-6,8,10-11,13,15,26H,7,9,12H2,1H3,(H,29,32)(H,30,33)/t15-/m1/s1. The molecule has 176 valence electrons. The summed E-state index contributed by atoms with van der Waals surface area (Å²) in [6.45, 7) is 3.52. The van der Waals surface area contributed by atoms with Crippen LogP contribution in [0.5, 0.6) is 11.6 Å². The van der Waals surface area contributed by atoms with Gasteiger partial charge in [0.15, 0.2) is 0 Å². The normalized spacial score (nSPS) is 16.9. The van der Waals surface area contributed by atoms with Crippen molar-refractivity contribution in [3.8, 4) is 11.6 Å². The van der Waals surface area contributed by atoms with Crippen molar-refractivity contribution in [1.29, 1.82) is 0 Å². The van der Waals surface area contributed by atoms with Gasteiger partial charge in [-0.2, -0.15) is 0 Å². The van der Waals surface area contributed by atoms with Crippen LogP contribution in [0.3, 0.4) is 0 Å². The molecule has 2 aliphatic heterocycles. The first kappa shape index (κ1) is 21.5. The van der Waals surface area contributed by atoms with Gasteiger partial charge in [0.25, 0.3) is 5.91 Å². The number of anilines is 3. The molecule has 3 aromatic heterocycles. The van der Waals surface area contributed by atoms with Crippen LogP contribution in [0.25, 0.3) is 10.2 Å². The van der Waals surface area contributed by atoms with Crippen LogP contribution < -0.4 is 25.6 Å². The van der Waals surface area contributed by atoms with Crippen molar-refractivity contribution >= 4 is 50.6 Å². The molecule has 1 aromatic carbocycles. The number of urea groups is 1. The van der Waals surface area contributed by atoms with Gasteiger partial charge in [-0.3, -0.25) is 9.69 Å². The van der Waals surface area contributed by atoms with Gasteiger partial charge in [-0.15, -0.1) is 11.3 Å². The van der Waals surface area contributed by atoms with E-state index >= 15 is 0 Å². The van der Waals surface area contributed by atoms with Crippen LogP contribution in [0, 0.1) is 6.92 Å². The van der Waals surface area contributed by atoms with Gasteiger partial charge in [0.2, 0.25) is 5.88 Å². The molecule has 0 radical (unpaired) electrons. The molecule has 0 aliphatic carbocycles. The zero-order valence-corrected chi connectivity index (χ0v) is 19.7. The molecular formula is C25H22N6O3S. The van der Waals surface area contributed by atoms with Crippen LogP contribution in [0.2, 0.25) is 0 Å². The molecule has 3 N–H and O–H groups in total. The van der Waals surface area contributed by atoms with E-state index in [1.54, 1.807) is 29.4 Å². The Morgan fingerprint density at radius 3 is 2.83 bits per heavy atom. The van der Waals surface area contributed by atoms with Crippen molar-refractivity contribution in [1.82, 2.24) is 20.6 Å². The highest BCUT2D eigenvalue weighted by atomic mass is 32.1. The van der Waals surface area contributed by atoms with E-state index in [2.05, 4.69) is 25.9 Å². The zero-order valence-electron chi connectivity index (χ0n) is 18.9. The van der Waals surface area contributed by atoms with Crippen LogP contribution in [0.4, 0.5) is 21.9 Å². The van der Waals surface area contributed by atoms with E-state index < -0.39 is 0 Å². The van der Waals surface area contributed by atoms with Gasteiger partial charge in [0.1, 0.15) is 15.5 Å². The summed E-state index contributed by atoms with van der Waals surface area (Å²) in [7, 11) is 0. The third-order valence-electron chi connectivity index (χ3n) is 6.11. The Balaban J connectivity index is 1.36. The Hall–Kier alpha value is -4.02.